The van der Waals surface area contributed by atoms with Crippen molar-refractivity contribution in [2.45, 2.75) is 63.9 Å². The van der Waals surface area contributed by atoms with Gasteiger partial charge in [0.05, 0.1) is 0 Å². The van der Waals surface area contributed by atoms with Gasteiger partial charge in [-0.2, -0.15) is 0 Å². The maximum Gasteiger partial charge on any atom is 0.242 e. The van der Waals surface area contributed by atoms with E-state index in [9.17, 15) is 9.59 Å². The Morgan fingerprint density at radius 2 is 1.73 bits per heavy atom. The summed E-state index contributed by atoms with van der Waals surface area (Å²) in [5.74, 6) is 0.670. The monoisotopic (exact) mass is 426 g/mol. The van der Waals surface area contributed by atoms with Crippen LogP contribution in [-0.4, -0.2) is 35.1 Å². The van der Waals surface area contributed by atoms with E-state index in [1.807, 2.05) is 56.3 Å². The number of benzene rings is 2. The molecule has 0 saturated heterocycles. The number of rotatable bonds is 12. The van der Waals surface area contributed by atoms with E-state index in [1.165, 1.54) is 0 Å². The number of carbonyl (C=O) groups excluding carboxylic acids is 2. The lowest BCUT2D eigenvalue weighted by Gasteiger charge is -2.31. The molecule has 162 valence electrons. The van der Waals surface area contributed by atoms with E-state index in [2.05, 4.69) is 24.4 Å². The van der Waals surface area contributed by atoms with Crippen LogP contribution in [0.2, 0.25) is 0 Å². The molecule has 0 aliphatic carbocycles. The summed E-state index contributed by atoms with van der Waals surface area (Å²) in [4.78, 5) is 29.0. The summed E-state index contributed by atoms with van der Waals surface area (Å²) in [5.41, 5.74) is 2.22. The van der Waals surface area contributed by atoms with Crippen LogP contribution in [-0.2, 0) is 16.1 Å². The van der Waals surface area contributed by atoms with Gasteiger partial charge in [0.1, 0.15) is 6.04 Å². The van der Waals surface area contributed by atoms with Crippen LogP contribution in [0.4, 0.5) is 0 Å². The molecular weight excluding hydrogens is 392 g/mol. The number of nitrogens with zero attached hydrogens (tertiary/aromatic N) is 1. The maximum atomic E-state index is 13.2. The summed E-state index contributed by atoms with van der Waals surface area (Å²) in [6.07, 6.45) is 2.98. The first-order valence-corrected chi connectivity index (χ1v) is 11.8. The summed E-state index contributed by atoms with van der Waals surface area (Å²) in [6.45, 7) is 7.23. The second-order valence-electron chi connectivity index (χ2n) is 7.43. The Morgan fingerprint density at radius 3 is 2.40 bits per heavy atom. The van der Waals surface area contributed by atoms with E-state index in [1.54, 1.807) is 16.7 Å². The van der Waals surface area contributed by atoms with Crippen molar-refractivity contribution in [1.29, 1.82) is 0 Å². The van der Waals surface area contributed by atoms with Crippen LogP contribution in [0, 0.1) is 6.92 Å². The van der Waals surface area contributed by atoms with Gasteiger partial charge < -0.3 is 10.2 Å². The highest BCUT2D eigenvalue weighted by Crippen LogP contribution is 2.21. The third-order valence-electron chi connectivity index (χ3n) is 5.15. The molecule has 2 aromatic rings. The van der Waals surface area contributed by atoms with E-state index in [-0.39, 0.29) is 11.8 Å². The average molecular weight is 427 g/mol. The molecule has 1 atom stereocenters. The quantitative estimate of drug-likeness (QED) is 0.375. The van der Waals surface area contributed by atoms with Crippen LogP contribution in [0.3, 0.4) is 0 Å². The van der Waals surface area contributed by atoms with E-state index in [4.69, 9.17) is 0 Å². The molecule has 2 rings (SSSR count). The lowest BCUT2D eigenvalue weighted by molar-refractivity contribution is -0.141. The summed E-state index contributed by atoms with van der Waals surface area (Å²) in [6, 6.07) is 17.7. The molecule has 2 aromatic carbocycles. The van der Waals surface area contributed by atoms with Gasteiger partial charge in [-0.3, -0.25) is 9.59 Å². The first-order valence-electron chi connectivity index (χ1n) is 10.9. The highest BCUT2D eigenvalue weighted by atomic mass is 32.2. The minimum Gasteiger partial charge on any atom is -0.354 e. The van der Waals surface area contributed by atoms with Crippen LogP contribution >= 0.6 is 11.8 Å². The maximum absolute atomic E-state index is 13.2. The van der Waals surface area contributed by atoms with Crippen molar-refractivity contribution in [2.75, 3.05) is 12.3 Å². The summed E-state index contributed by atoms with van der Waals surface area (Å²) >= 11 is 1.67. The molecule has 0 heterocycles. The number of amides is 2. The van der Waals surface area contributed by atoms with Gasteiger partial charge in [-0.25, -0.2) is 0 Å². The Kier molecular flexibility index (Phi) is 10.5. The lowest BCUT2D eigenvalue weighted by Crippen LogP contribution is -2.49. The van der Waals surface area contributed by atoms with Crippen molar-refractivity contribution in [3.05, 3.63) is 65.7 Å². The standard InChI is InChI=1S/C25H34N2O2S/c1-4-6-17-26-25(29)23(5-2)27(19-21-13-11-10-12-20(21)3)24(28)16-18-30-22-14-8-7-9-15-22/h7-15,23H,4-6,16-19H2,1-3H3,(H,26,29)/t23-/m0/s1. The normalized spacial score (nSPS) is 11.7. The first kappa shape index (κ1) is 24.0. The Labute approximate surface area is 185 Å². The summed E-state index contributed by atoms with van der Waals surface area (Å²) in [7, 11) is 0. The summed E-state index contributed by atoms with van der Waals surface area (Å²) in [5, 5.41) is 3.01. The zero-order chi connectivity index (χ0) is 21.8. The van der Waals surface area contributed by atoms with Crippen molar-refractivity contribution in [2.24, 2.45) is 0 Å². The molecule has 2 amide bonds. The fraction of sp³-hybridized carbons (Fsp3) is 0.440. The molecule has 0 aromatic heterocycles. The largest absolute Gasteiger partial charge is 0.354 e. The molecule has 0 aliphatic heterocycles. The molecule has 0 radical (unpaired) electrons. The lowest BCUT2D eigenvalue weighted by atomic mass is 10.1. The fourth-order valence-corrected chi connectivity index (χ4v) is 4.18. The van der Waals surface area contributed by atoms with Crippen molar-refractivity contribution in [3.8, 4) is 0 Å². The highest BCUT2D eigenvalue weighted by Gasteiger charge is 2.28. The number of unbranched alkanes of at least 4 members (excludes halogenated alkanes) is 1. The number of carbonyl (C=O) groups is 2. The van der Waals surface area contributed by atoms with Crippen molar-refractivity contribution >= 4 is 23.6 Å². The second kappa shape index (κ2) is 13.1. The third kappa shape index (κ3) is 7.52. The minimum absolute atomic E-state index is 0.0270. The average Bonchev–Trinajstić information content (AvgIpc) is 2.75. The molecule has 30 heavy (non-hydrogen) atoms. The van der Waals surface area contributed by atoms with Crippen molar-refractivity contribution in [1.82, 2.24) is 10.2 Å². The van der Waals surface area contributed by atoms with Gasteiger partial charge in [0.15, 0.2) is 0 Å². The minimum atomic E-state index is -0.448. The van der Waals surface area contributed by atoms with Gasteiger partial charge in [-0.1, -0.05) is 62.7 Å². The number of hydrogen-bond acceptors (Lipinski definition) is 3. The van der Waals surface area contributed by atoms with Crippen LogP contribution in [0.25, 0.3) is 0 Å². The van der Waals surface area contributed by atoms with Gasteiger partial charge in [0.2, 0.25) is 11.8 Å². The Hall–Kier alpha value is -2.27. The van der Waals surface area contributed by atoms with Gasteiger partial charge >= 0.3 is 0 Å². The number of thioether (sulfide) groups is 1. The smallest absolute Gasteiger partial charge is 0.242 e. The molecule has 0 aliphatic rings. The molecule has 0 saturated carbocycles. The summed E-state index contributed by atoms with van der Waals surface area (Å²) < 4.78 is 0. The molecule has 0 fully saturated rings. The Morgan fingerprint density at radius 1 is 1.03 bits per heavy atom. The molecule has 0 unspecified atom stereocenters. The van der Waals surface area contributed by atoms with Crippen molar-refractivity contribution in [3.63, 3.8) is 0 Å². The molecule has 1 N–H and O–H groups in total. The topological polar surface area (TPSA) is 49.4 Å². The molecular formula is C25H34N2O2S. The highest BCUT2D eigenvalue weighted by molar-refractivity contribution is 7.99. The zero-order valence-corrected chi connectivity index (χ0v) is 19.2. The first-order chi connectivity index (χ1) is 14.6. The van der Waals surface area contributed by atoms with Crippen molar-refractivity contribution < 1.29 is 9.59 Å². The predicted octanol–water partition coefficient (Wildman–Crippen LogP) is 5.20. The molecule has 4 nitrogen and oxygen atoms in total. The van der Waals surface area contributed by atoms with Gasteiger partial charge in [0.25, 0.3) is 0 Å². The van der Waals surface area contributed by atoms with Gasteiger partial charge in [0, 0.05) is 30.2 Å². The fourth-order valence-electron chi connectivity index (χ4n) is 3.31. The molecule has 0 spiro atoms. The third-order valence-corrected chi connectivity index (χ3v) is 6.16. The number of hydrogen-bond donors (Lipinski definition) is 1. The number of aryl methyl sites for hydroxylation is 1. The Balaban J connectivity index is 2.11. The molecule has 5 heteroatoms. The second-order valence-corrected chi connectivity index (χ2v) is 8.60. The van der Waals surface area contributed by atoms with Gasteiger partial charge in [-0.15, -0.1) is 11.8 Å². The van der Waals surface area contributed by atoms with Gasteiger partial charge in [-0.05, 0) is 43.0 Å². The van der Waals surface area contributed by atoms with E-state index < -0.39 is 6.04 Å². The zero-order valence-electron chi connectivity index (χ0n) is 18.4. The van der Waals surface area contributed by atoms with Crippen LogP contribution in [0.5, 0.6) is 0 Å². The Bertz CT molecular complexity index is 795. The van der Waals surface area contributed by atoms with Crippen LogP contribution in [0.1, 0.15) is 50.7 Å². The van der Waals surface area contributed by atoms with Crippen LogP contribution < -0.4 is 5.32 Å². The molecule has 0 bridgehead atoms. The van der Waals surface area contributed by atoms with E-state index in [0.717, 1.165) is 28.9 Å². The van der Waals surface area contributed by atoms with Crippen LogP contribution in [0.15, 0.2) is 59.5 Å². The SMILES string of the molecule is CCCCNC(=O)[C@H](CC)N(Cc1ccccc1C)C(=O)CCSc1ccccc1. The van der Waals surface area contributed by atoms with E-state index in [0.29, 0.717) is 31.7 Å². The predicted molar refractivity (Wildman–Crippen MR) is 126 cm³/mol. The van der Waals surface area contributed by atoms with E-state index >= 15 is 0 Å². The number of nitrogens with one attached hydrogen (secondary N) is 1.